The number of aromatic carboxylic acids is 1. The Kier molecular flexibility index (Phi) is 30.2. The van der Waals surface area contributed by atoms with Crippen LogP contribution in [0.25, 0.3) is 0 Å². The summed E-state index contributed by atoms with van der Waals surface area (Å²) in [5, 5.41) is 9.42. The minimum Gasteiger partial charge on any atom is -0.478 e. The summed E-state index contributed by atoms with van der Waals surface area (Å²) in [6.07, 6.45) is 45.1. The fraction of sp³-hybridized carbons (Fsp3) is 0.727. The normalized spacial score (nSPS) is 11.6. The molecule has 274 valence electrons. The molecule has 4 heteroatoms. The second-order valence-electron chi connectivity index (χ2n) is 14.1. The maximum Gasteiger partial charge on any atom is 0.335 e. The molecule has 0 bridgehead atoms. The Balaban J connectivity index is 2.25. The van der Waals surface area contributed by atoms with Crippen LogP contribution in [0, 0.1) is 0 Å². The summed E-state index contributed by atoms with van der Waals surface area (Å²) in [7, 11) is 0. The van der Waals surface area contributed by atoms with Gasteiger partial charge in [-0.2, -0.15) is 0 Å². The second kappa shape index (κ2) is 33.2. The summed E-state index contributed by atoms with van der Waals surface area (Å²) in [6, 6.07) is 6.52. The molecule has 0 aliphatic heterocycles. The average Bonchev–Trinajstić information content (AvgIpc) is 3.10. The number of hydrogen-bond acceptors (Lipinski definition) is 2. The molecule has 0 heterocycles. The lowest BCUT2D eigenvalue weighted by atomic mass is 10.1. The maximum atomic E-state index is 13.4. The topological polar surface area (TPSA) is 57.6 Å². The van der Waals surface area contributed by atoms with E-state index in [2.05, 4.69) is 38.2 Å². The van der Waals surface area contributed by atoms with E-state index in [1.165, 1.54) is 160 Å². The third-order valence-corrected chi connectivity index (χ3v) is 9.52. The Labute approximate surface area is 297 Å². The third kappa shape index (κ3) is 25.6. The fourth-order valence-corrected chi connectivity index (χ4v) is 6.38. The van der Waals surface area contributed by atoms with Crippen molar-refractivity contribution >= 4 is 11.9 Å². The van der Waals surface area contributed by atoms with Crippen molar-refractivity contribution in [2.75, 3.05) is 13.1 Å². The summed E-state index contributed by atoms with van der Waals surface area (Å²) in [5.41, 5.74) is 0.666. The Morgan fingerprint density at radius 3 is 1.21 bits per heavy atom. The smallest absolute Gasteiger partial charge is 0.335 e. The molecule has 4 nitrogen and oxygen atoms in total. The molecule has 0 unspecified atom stereocenters. The van der Waals surface area contributed by atoms with Gasteiger partial charge in [-0.3, -0.25) is 4.79 Å². The van der Waals surface area contributed by atoms with E-state index in [4.69, 9.17) is 0 Å². The highest BCUT2D eigenvalue weighted by atomic mass is 16.4. The zero-order chi connectivity index (χ0) is 34.8. The molecule has 0 radical (unpaired) electrons. The van der Waals surface area contributed by atoms with E-state index in [0.29, 0.717) is 5.56 Å². The van der Waals surface area contributed by atoms with E-state index in [1.54, 1.807) is 18.2 Å². The first-order valence-corrected chi connectivity index (χ1v) is 20.5. The van der Waals surface area contributed by atoms with Crippen LogP contribution >= 0.6 is 0 Å². The van der Waals surface area contributed by atoms with E-state index in [0.717, 1.165) is 38.8 Å². The van der Waals surface area contributed by atoms with Crippen LogP contribution in [0.15, 0.2) is 48.6 Å². The lowest BCUT2D eigenvalue weighted by Gasteiger charge is -2.23. The molecule has 1 N–H and O–H groups in total. The molecule has 0 spiro atoms. The highest BCUT2D eigenvalue weighted by Gasteiger charge is 2.17. The van der Waals surface area contributed by atoms with Gasteiger partial charge in [-0.05, 0) is 82.4 Å². The number of rotatable bonds is 34. The number of allylic oxidation sites excluding steroid dienone is 4. The molecule has 1 rings (SSSR count). The summed E-state index contributed by atoms with van der Waals surface area (Å²) >= 11 is 0. The van der Waals surface area contributed by atoms with Crippen molar-refractivity contribution in [1.29, 1.82) is 0 Å². The second-order valence-corrected chi connectivity index (χ2v) is 14.1. The summed E-state index contributed by atoms with van der Waals surface area (Å²) in [6.45, 7) is 6.05. The molecule has 0 aromatic heterocycles. The molecule has 0 saturated heterocycles. The standard InChI is InChI=1S/C44H75NO3/c1-3-5-7-9-11-13-15-17-19-21-23-25-27-29-31-33-38-45(43(46)41-36-35-37-42(40-41)44(47)48)39-34-32-30-28-26-24-22-20-18-16-14-12-10-8-6-4-2/h17-20,35-37,40H,3-16,21-34,38-39H2,1-2H3,(H,47,48)/b19-17-,20-18-. The number of carboxylic acid groups (broad SMARTS) is 1. The van der Waals surface area contributed by atoms with Crippen LogP contribution in [0.1, 0.15) is 214 Å². The molecule has 1 amide bonds. The van der Waals surface area contributed by atoms with Crippen molar-refractivity contribution in [1.82, 2.24) is 4.90 Å². The van der Waals surface area contributed by atoms with Crippen molar-refractivity contribution in [3.8, 4) is 0 Å². The molecule has 0 aliphatic carbocycles. The molecule has 1 aromatic carbocycles. The molecular weight excluding hydrogens is 590 g/mol. The zero-order valence-electron chi connectivity index (χ0n) is 31.5. The van der Waals surface area contributed by atoms with Crippen LogP contribution in [0.4, 0.5) is 0 Å². The predicted molar refractivity (Wildman–Crippen MR) is 208 cm³/mol. The van der Waals surface area contributed by atoms with Crippen LogP contribution in [0.3, 0.4) is 0 Å². The van der Waals surface area contributed by atoms with Crippen molar-refractivity contribution in [3.63, 3.8) is 0 Å². The summed E-state index contributed by atoms with van der Waals surface area (Å²) in [5.74, 6) is -1.02. The van der Waals surface area contributed by atoms with Crippen LogP contribution in [-0.4, -0.2) is 35.0 Å². The Morgan fingerprint density at radius 2 is 0.833 bits per heavy atom. The fourth-order valence-electron chi connectivity index (χ4n) is 6.38. The van der Waals surface area contributed by atoms with E-state index < -0.39 is 5.97 Å². The molecule has 0 aliphatic rings. The third-order valence-electron chi connectivity index (χ3n) is 9.52. The van der Waals surface area contributed by atoms with Crippen LogP contribution < -0.4 is 0 Å². The van der Waals surface area contributed by atoms with Gasteiger partial charge in [-0.15, -0.1) is 0 Å². The highest BCUT2D eigenvalue weighted by molar-refractivity contribution is 5.97. The van der Waals surface area contributed by atoms with Gasteiger partial charge >= 0.3 is 5.97 Å². The number of amides is 1. The molecule has 0 fully saturated rings. The van der Waals surface area contributed by atoms with Gasteiger partial charge in [0, 0.05) is 18.7 Å². The summed E-state index contributed by atoms with van der Waals surface area (Å²) in [4.78, 5) is 26.9. The van der Waals surface area contributed by atoms with Gasteiger partial charge in [-0.25, -0.2) is 4.79 Å². The maximum absolute atomic E-state index is 13.4. The van der Waals surface area contributed by atoms with Gasteiger partial charge in [0.2, 0.25) is 0 Å². The van der Waals surface area contributed by atoms with Gasteiger partial charge in [0.05, 0.1) is 5.56 Å². The number of nitrogens with zero attached hydrogens (tertiary/aromatic N) is 1. The zero-order valence-corrected chi connectivity index (χ0v) is 31.5. The SMILES string of the molecule is CCCCCCCC/C=C\CCCCCCCCN(CCCCCCCC/C=C\CCCCCCCC)C(=O)c1cccc(C(=O)O)c1. The lowest BCUT2D eigenvalue weighted by Crippen LogP contribution is -2.33. The number of benzene rings is 1. The Hall–Kier alpha value is -2.36. The first-order valence-electron chi connectivity index (χ1n) is 20.5. The minimum atomic E-state index is -0.988. The Bertz CT molecular complexity index is 910. The van der Waals surface area contributed by atoms with Gasteiger partial charge in [0.1, 0.15) is 0 Å². The number of carbonyl (C=O) groups excluding carboxylic acids is 1. The largest absolute Gasteiger partial charge is 0.478 e. The number of hydrogen-bond donors (Lipinski definition) is 1. The first kappa shape index (κ1) is 43.7. The molecule has 0 saturated carbocycles. The van der Waals surface area contributed by atoms with E-state index >= 15 is 0 Å². The summed E-state index contributed by atoms with van der Waals surface area (Å²) < 4.78 is 0. The molecule has 48 heavy (non-hydrogen) atoms. The van der Waals surface area contributed by atoms with Gasteiger partial charge in [0.25, 0.3) is 5.91 Å². The molecular formula is C44H75NO3. The number of carbonyl (C=O) groups is 2. The minimum absolute atomic E-state index is 0.0291. The van der Waals surface area contributed by atoms with Crippen molar-refractivity contribution < 1.29 is 14.7 Å². The predicted octanol–water partition coefficient (Wildman–Crippen LogP) is 13.9. The van der Waals surface area contributed by atoms with E-state index in [1.807, 2.05) is 4.90 Å². The lowest BCUT2D eigenvalue weighted by molar-refractivity contribution is 0.0697. The van der Waals surface area contributed by atoms with Crippen LogP contribution in [0.5, 0.6) is 0 Å². The number of carboxylic acids is 1. The van der Waals surface area contributed by atoms with Gasteiger partial charge in [-0.1, -0.05) is 160 Å². The van der Waals surface area contributed by atoms with Gasteiger partial charge < -0.3 is 10.0 Å². The van der Waals surface area contributed by atoms with Crippen molar-refractivity contribution in [2.24, 2.45) is 0 Å². The van der Waals surface area contributed by atoms with E-state index in [-0.39, 0.29) is 11.5 Å². The molecule has 0 atom stereocenters. The quantitative estimate of drug-likeness (QED) is 0.0589. The van der Waals surface area contributed by atoms with E-state index in [9.17, 15) is 14.7 Å². The van der Waals surface area contributed by atoms with Crippen molar-refractivity contribution in [3.05, 3.63) is 59.7 Å². The van der Waals surface area contributed by atoms with Crippen LogP contribution in [-0.2, 0) is 0 Å². The van der Waals surface area contributed by atoms with Crippen LogP contribution in [0.2, 0.25) is 0 Å². The highest BCUT2D eigenvalue weighted by Crippen LogP contribution is 2.15. The van der Waals surface area contributed by atoms with Gasteiger partial charge in [0.15, 0.2) is 0 Å². The number of unbranched alkanes of at least 4 members (excludes halogenated alkanes) is 24. The molecule has 1 aromatic rings. The monoisotopic (exact) mass is 666 g/mol. The Morgan fingerprint density at radius 1 is 0.500 bits per heavy atom. The van der Waals surface area contributed by atoms with Crippen molar-refractivity contribution in [2.45, 2.75) is 194 Å². The first-order chi connectivity index (χ1) is 23.6. The average molecular weight is 666 g/mol.